The molecule has 1 aromatic heterocycles. The van der Waals surface area contributed by atoms with Crippen molar-refractivity contribution in [3.8, 4) is 11.6 Å². The smallest absolute Gasteiger partial charge is 0.331 e. The number of carbonyl (C=O) groups is 2. The van der Waals surface area contributed by atoms with Crippen molar-refractivity contribution < 1.29 is 14.3 Å². The molecule has 0 bridgehead atoms. The molecule has 0 atom stereocenters. The molecular formula is C29H24N2O5. The molecule has 1 heterocycles. The van der Waals surface area contributed by atoms with E-state index in [1.165, 1.54) is 4.57 Å². The fourth-order valence-electron chi connectivity index (χ4n) is 4.70. The third-order valence-corrected chi connectivity index (χ3v) is 6.34. The lowest BCUT2D eigenvalue weighted by atomic mass is 9.83. The Morgan fingerprint density at radius 2 is 1.39 bits per heavy atom. The topological polar surface area (TPSA) is 98.2 Å². The lowest BCUT2D eigenvalue weighted by molar-refractivity contribution is 0.0979. The molecular weight excluding hydrogens is 456 g/mol. The average Bonchev–Trinajstić information content (AvgIpc) is 2.84. The molecule has 36 heavy (non-hydrogen) atoms. The summed E-state index contributed by atoms with van der Waals surface area (Å²) in [6.45, 7) is 5.73. The van der Waals surface area contributed by atoms with Crippen LogP contribution in [0.5, 0.6) is 11.6 Å². The molecule has 0 amide bonds. The summed E-state index contributed by atoms with van der Waals surface area (Å²) in [5.74, 6) is 0.224. The molecule has 0 aliphatic heterocycles. The van der Waals surface area contributed by atoms with Crippen LogP contribution < -0.4 is 16.0 Å². The molecule has 4 aromatic rings. The summed E-state index contributed by atoms with van der Waals surface area (Å²) in [5, 5.41) is 0. The van der Waals surface area contributed by atoms with Gasteiger partial charge in [0.2, 0.25) is 5.88 Å². The Morgan fingerprint density at radius 1 is 0.778 bits per heavy atom. The van der Waals surface area contributed by atoms with E-state index in [1.807, 2.05) is 39.0 Å². The first kappa shape index (κ1) is 23.2. The quantitative estimate of drug-likeness (QED) is 0.404. The molecule has 5 rings (SSSR count). The summed E-state index contributed by atoms with van der Waals surface area (Å²) in [6.07, 6.45) is 0.351. The van der Waals surface area contributed by atoms with E-state index in [2.05, 4.69) is 4.98 Å². The van der Waals surface area contributed by atoms with Gasteiger partial charge in [0.05, 0.1) is 12.1 Å². The summed E-state index contributed by atoms with van der Waals surface area (Å²) in [5.41, 5.74) is 3.18. The van der Waals surface area contributed by atoms with Crippen LogP contribution in [0.4, 0.5) is 0 Å². The largest absolute Gasteiger partial charge is 0.440 e. The van der Waals surface area contributed by atoms with Crippen molar-refractivity contribution in [1.29, 1.82) is 0 Å². The van der Waals surface area contributed by atoms with Gasteiger partial charge in [-0.15, -0.1) is 0 Å². The number of nitrogens with zero attached hydrogens (tertiary/aromatic N) is 1. The Morgan fingerprint density at radius 3 is 2.03 bits per heavy atom. The van der Waals surface area contributed by atoms with E-state index < -0.39 is 11.2 Å². The van der Waals surface area contributed by atoms with Gasteiger partial charge in [0.15, 0.2) is 11.6 Å². The normalized spacial score (nSPS) is 12.3. The lowest BCUT2D eigenvalue weighted by Gasteiger charge is -2.19. The highest BCUT2D eigenvalue weighted by molar-refractivity contribution is 6.28. The number of H-pyrrole nitrogens is 1. The van der Waals surface area contributed by atoms with Gasteiger partial charge in [-0.1, -0.05) is 43.3 Å². The van der Waals surface area contributed by atoms with Gasteiger partial charge < -0.3 is 4.74 Å². The maximum atomic E-state index is 13.1. The predicted molar refractivity (Wildman–Crippen MR) is 136 cm³/mol. The van der Waals surface area contributed by atoms with E-state index in [9.17, 15) is 19.2 Å². The van der Waals surface area contributed by atoms with E-state index in [4.69, 9.17) is 4.74 Å². The van der Waals surface area contributed by atoms with Crippen molar-refractivity contribution in [2.24, 2.45) is 0 Å². The molecule has 1 aliphatic rings. The summed E-state index contributed by atoms with van der Waals surface area (Å²) >= 11 is 0. The van der Waals surface area contributed by atoms with E-state index in [-0.39, 0.29) is 24.0 Å². The number of hydrogen-bond donors (Lipinski definition) is 1. The zero-order valence-electron chi connectivity index (χ0n) is 20.2. The van der Waals surface area contributed by atoms with Crippen LogP contribution in [0.3, 0.4) is 0 Å². The maximum absolute atomic E-state index is 13.1. The molecule has 0 spiro atoms. The number of benzene rings is 3. The molecule has 0 fully saturated rings. The van der Waals surface area contributed by atoms with Gasteiger partial charge in [0.25, 0.3) is 5.56 Å². The number of nitrogens with one attached hydrogen (secondary N) is 1. The SMILES string of the molecule is CCc1c(Oc2cc(C)cc(C)c2)n(Cc2ccc3c(c2)C(=O)c2ccccc2C3=O)c(=O)[nH]c1=O. The highest BCUT2D eigenvalue weighted by Gasteiger charge is 2.29. The minimum Gasteiger partial charge on any atom is -0.440 e. The van der Waals surface area contributed by atoms with Gasteiger partial charge in [0.1, 0.15) is 5.75 Å². The Bertz CT molecular complexity index is 1660. The molecule has 1 N–H and O–H groups in total. The van der Waals surface area contributed by atoms with Gasteiger partial charge in [-0.2, -0.15) is 0 Å². The maximum Gasteiger partial charge on any atom is 0.331 e. The first-order valence-corrected chi connectivity index (χ1v) is 11.7. The first-order valence-electron chi connectivity index (χ1n) is 11.7. The van der Waals surface area contributed by atoms with Crippen molar-refractivity contribution in [3.63, 3.8) is 0 Å². The number of fused-ring (bicyclic) bond motifs is 2. The zero-order chi connectivity index (χ0) is 25.6. The van der Waals surface area contributed by atoms with E-state index >= 15 is 0 Å². The zero-order valence-corrected chi connectivity index (χ0v) is 20.2. The van der Waals surface area contributed by atoms with Gasteiger partial charge in [-0.3, -0.25) is 23.9 Å². The summed E-state index contributed by atoms with van der Waals surface area (Å²) in [7, 11) is 0. The fourth-order valence-corrected chi connectivity index (χ4v) is 4.70. The predicted octanol–water partition coefficient (Wildman–Crippen LogP) is 4.33. The minimum absolute atomic E-state index is 0.0408. The average molecular weight is 481 g/mol. The Balaban J connectivity index is 1.60. The molecule has 180 valence electrons. The number of carbonyl (C=O) groups excluding carboxylic acids is 2. The number of ketones is 2. The van der Waals surface area contributed by atoms with Crippen molar-refractivity contribution in [1.82, 2.24) is 9.55 Å². The number of aromatic nitrogens is 2. The van der Waals surface area contributed by atoms with Crippen LogP contribution in [0.1, 0.15) is 61.0 Å². The van der Waals surface area contributed by atoms with Gasteiger partial charge in [0, 0.05) is 22.3 Å². The minimum atomic E-state index is -0.623. The van der Waals surface area contributed by atoms with Crippen LogP contribution in [0.25, 0.3) is 0 Å². The van der Waals surface area contributed by atoms with E-state index in [0.29, 0.717) is 45.6 Å². The lowest BCUT2D eigenvalue weighted by Crippen LogP contribution is -2.33. The first-order chi connectivity index (χ1) is 17.3. The third kappa shape index (κ3) is 3.98. The van der Waals surface area contributed by atoms with Crippen LogP contribution in [0.15, 0.2) is 70.3 Å². The second-order valence-electron chi connectivity index (χ2n) is 8.99. The van der Waals surface area contributed by atoms with Gasteiger partial charge >= 0.3 is 5.69 Å². The Hall–Kier alpha value is -4.52. The van der Waals surface area contributed by atoms with Crippen LogP contribution in [0, 0.1) is 13.8 Å². The molecule has 0 unspecified atom stereocenters. The van der Waals surface area contributed by atoms with E-state index in [1.54, 1.807) is 42.5 Å². The number of aromatic amines is 1. The molecule has 1 aliphatic carbocycles. The highest BCUT2D eigenvalue weighted by atomic mass is 16.5. The standard InChI is InChI=1S/C29H24N2O5/c1-4-20-27(34)30-29(35)31(28(20)36-19-12-16(2)11-17(3)13-19)15-18-9-10-23-24(14-18)26(33)22-8-6-5-7-21(22)25(23)32/h5-14H,4,15H2,1-3H3,(H,30,34,35). The molecule has 7 heteroatoms. The van der Waals surface area contributed by atoms with Crippen molar-refractivity contribution >= 4 is 11.6 Å². The van der Waals surface area contributed by atoms with Crippen molar-refractivity contribution in [2.75, 3.05) is 0 Å². The summed E-state index contributed by atoms with van der Waals surface area (Å²) in [6, 6.07) is 17.4. The molecule has 7 nitrogen and oxygen atoms in total. The van der Waals surface area contributed by atoms with Gasteiger partial charge in [-0.05, 0) is 61.2 Å². The van der Waals surface area contributed by atoms with Crippen LogP contribution in [-0.2, 0) is 13.0 Å². The number of rotatable bonds is 5. The molecule has 3 aromatic carbocycles. The second kappa shape index (κ2) is 8.92. The number of hydrogen-bond acceptors (Lipinski definition) is 5. The second-order valence-corrected chi connectivity index (χ2v) is 8.99. The van der Waals surface area contributed by atoms with Crippen molar-refractivity contribution in [2.45, 2.75) is 33.7 Å². The highest BCUT2D eigenvalue weighted by Crippen LogP contribution is 2.29. The van der Waals surface area contributed by atoms with Crippen LogP contribution in [-0.4, -0.2) is 21.1 Å². The summed E-state index contributed by atoms with van der Waals surface area (Å²) in [4.78, 5) is 54.0. The molecule has 0 radical (unpaired) electrons. The van der Waals surface area contributed by atoms with Crippen LogP contribution in [0.2, 0.25) is 0 Å². The number of ether oxygens (including phenoxy) is 1. The van der Waals surface area contributed by atoms with Crippen molar-refractivity contribution in [3.05, 3.63) is 126 Å². The Kier molecular flexibility index (Phi) is 5.76. The van der Waals surface area contributed by atoms with Gasteiger partial charge in [-0.25, -0.2) is 4.79 Å². The summed E-state index contributed by atoms with van der Waals surface area (Å²) < 4.78 is 7.50. The molecule has 0 saturated heterocycles. The third-order valence-electron chi connectivity index (χ3n) is 6.34. The van der Waals surface area contributed by atoms with E-state index in [0.717, 1.165) is 11.1 Å². The number of aryl methyl sites for hydroxylation is 2. The monoisotopic (exact) mass is 480 g/mol. The van der Waals surface area contributed by atoms with Crippen LogP contribution >= 0.6 is 0 Å². The Labute approximate surface area is 207 Å². The fraction of sp³-hybridized carbons (Fsp3) is 0.172. The molecule has 0 saturated carbocycles.